The zero-order chi connectivity index (χ0) is 26.1. The van der Waals surface area contributed by atoms with E-state index in [1.807, 2.05) is 0 Å². The molecule has 36 heavy (non-hydrogen) atoms. The predicted molar refractivity (Wildman–Crippen MR) is 135 cm³/mol. The molecule has 0 radical (unpaired) electrons. The molecule has 1 unspecified atom stereocenters. The topological polar surface area (TPSA) is 113 Å². The van der Waals surface area contributed by atoms with Gasteiger partial charge < -0.3 is 34.5 Å². The van der Waals surface area contributed by atoms with Crippen LogP contribution in [0.15, 0.2) is 29.9 Å². The first kappa shape index (κ1) is 26.8. The van der Waals surface area contributed by atoms with Crippen LogP contribution in [0.3, 0.4) is 0 Å². The highest BCUT2D eigenvalue weighted by Crippen LogP contribution is 2.59. The number of amides is 1. The summed E-state index contributed by atoms with van der Waals surface area (Å²) in [5, 5.41) is 22.4. The quantitative estimate of drug-likeness (QED) is 0.257. The van der Waals surface area contributed by atoms with Crippen molar-refractivity contribution in [2.24, 2.45) is 5.92 Å². The van der Waals surface area contributed by atoms with Gasteiger partial charge in [0.25, 0.3) is 0 Å². The second-order valence-electron chi connectivity index (χ2n) is 10.5. The maximum atomic E-state index is 12.9. The van der Waals surface area contributed by atoms with Crippen molar-refractivity contribution in [2.45, 2.75) is 82.7 Å². The number of hydrogen-bond donors (Lipinski definition) is 3. The van der Waals surface area contributed by atoms with E-state index in [0.717, 1.165) is 19.3 Å². The van der Waals surface area contributed by atoms with Crippen LogP contribution < -0.4 is 10.1 Å². The minimum absolute atomic E-state index is 0.0241. The van der Waals surface area contributed by atoms with E-state index in [4.69, 9.17) is 18.9 Å². The number of methoxy groups -OCH3 is 2. The van der Waals surface area contributed by atoms with Gasteiger partial charge in [-0.25, -0.2) is 0 Å². The van der Waals surface area contributed by atoms with Gasteiger partial charge in [-0.2, -0.15) is 0 Å². The molecule has 1 spiro atoms. The highest BCUT2D eigenvalue weighted by molar-refractivity contribution is 5.92. The number of nitrogens with one attached hydrogen (secondary N) is 1. The van der Waals surface area contributed by atoms with Crippen molar-refractivity contribution < 1.29 is 34.0 Å². The van der Waals surface area contributed by atoms with Crippen LogP contribution in [0, 0.1) is 5.92 Å². The van der Waals surface area contributed by atoms with Crippen molar-refractivity contribution in [3.63, 3.8) is 0 Å². The number of aliphatic hydroxyl groups is 2. The van der Waals surface area contributed by atoms with Crippen LogP contribution in [0.1, 0.15) is 56.7 Å². The predicted octanol–water partition coefficient (Wildman–Crippen LogP) is 2.89. The first-order valence-corrected chi connectivity index (χ1v) is 12.6. The molecule has 1 aromatic rings. The fourth-order valence-corrected chi connectivity index (χ4v) is 5.87. The average molecular weight is 502 g/mol. The minimum atomic E-state index is -0.353. The zero-order valence-corrected chi connectivity index (χ0v) is 21.9. The number of ether oxygens (including phenoxy) is 4. The van der Waals surface area contributed by atoms with Gasteiger partial charge in [-0.05, 0) is 69.4 Å². The summed E-state index contributed by atoms with van der Waals surface area (Å²) in [4.78, 5) is 12.9. The monoisotopic (exact) mass is 501 g/mol. The molecular weight excluding hydrogens is 462 g/mol. The first-order valence-electron chi connectivity index (χ1n) is 12.6. The van der Waals surface area contributed by atoms with Gasteiger partial charge in [0, 0.05) is 24.7 Å². The van der Waals surface area contributed by atoms with Crippen LogP contribution in [0.2, 0.25) is 0 Å². The van der Waals surface area contributed by atoms with Crippen molar-refractivity contribution >= 4 is 12.0 Å². The molecule has 3 N–H and O–H groups in total. The van der Waals surface area contributed by atoms with Crippen molar-refractivity contribution in [3.05, 3.63) is 46.5 Å². The molecule has 2 aliphatic heterocycles. The Hall–Kier alpha value is -2.23. The van der Waals surface area contributed by atoms with Crippen LogP contribution in [-0.2, 0) is 32.2 Å². The van der Waals surface area contributed by atoms with E-state index in [1.165, 1.54) is 18.8 Å². The lowest BCUT2D eigenvalue weighted by Gasteiger charge is -2.43. The lowest BCUT2D eigenvalue weighted by molar-refractivity contribution is -0.121. The molecule has 8 nitrogen and oxygen atoms in total. The molecule has 0 bridgehead atoms. The zero-order valence-electron chi connectivity index (χ0n) is 21.9. The summed E-state index contributed by atoms with van der Waals surface area (Å²) in [5.74, 6) is 0.261. The van der Waals surface area contributed by atoms with Crippen LogP contribution in [0.4, 0.5) is 0 Å². The molecule has 3 fully saturated rings. The van der Waals surface area contributed by atoms with Gasteiger partial charge in [-0.15, -0.1) is 0 Å². The Bertz CT molecular complexity index is 1000. The molecule has 2 heterocycles. The standard InChI is InChI=1S/C28H39NO7/c1-17(2)6-8-23-27(3,36-23)26-25(34-5)21(10-11-28(26)16-35-28)29-24(32)9-7-18-12-19(14-30)20(15-31)22(13-18)33-4/h6-7,9,12-13,21,23,25-26,30-31H,8,10-11,14-16H2,1-5H3,(H,29,32)/t21-,23-,25-,26-,27?,28+/m1/s1. The number of allylic oxidation sites excluding steroid dienone is 1. The molecule has 3 aliphatic rings. The van der Waals surface area contributed by atoms with E-state index < -0.39 is 0 Å². The van der Waals surface area contributed by atoms with Crippen LogP contribution in [0.5, 0.6) is 5.75 Å². The molecular formula is C28H39NO7. The van der Waals surface area contributed by atoms with E-state index in [1.54, 1.807) is 25.3 Å². The van der Waals surface area contributed by atoms with E-state index in [2.05, 4.69) is 32.2 Å². The van der Waals surface area contributed by atoms with Gasteiger partial charge in [0.15, 0.2) is 0 Å². The Kier molecular flexibility index (Phi) is 7.92. The van der Waals surface area contributed by atoms with Gasteiger partial charge in [-0.1, -0.05) is 11.6 Å². The van der Waals surface area contributed by atoms with Crippen molar-refractivity contribution in [1.29, 1.82) is 0 Å². The summed E-state index contributed by atoms with van der Waals surface area (Å²) >= 11 is 0. The van der Waals surface area contributed by atoms with Gasteiger partial charge in [0.1, 0.15) is 11.4 Å². The molecule has 2 saturated heterocycles. The normalized spacial score (nSPS) is 33.0. The Morgan fingerprint density at radius 2 is 2.00 bits per heavy atom. The number of rotatable bonds is 10. The van der Waals surface area contributed by atoms with Crippen molar-refractivity contribution in [2.75, 3.05) is 20.8 Å². The SMILES string of the molecule is COc1cc(C=CC(=O)N[C@@H]2CC[C@]3(CO3)[C@@H](C3(C)O[C@@H]3CC=C(C)C)[C@@H]2OC)cc(CO)c1CO. The summed E-state index contributed by atoms with van der Waals surface area (Å²) < 4.78 is 23.6. The highest BCUT2D eigenvalue weighted by Gasteiger charge is 2.71. The Balaban J connectivity index is 1.47. The number of carbonyl (C=O) groups excluding carboxylic acids is 1. The molecule has 1 amide bonds. The first-order chi connectivity index (χ1) is 17.2. The lowest BCUT2D eigenvalue weighted by atomic mass is 9.67. The lowest BCUT2D eigenvalue weighted by Crippen LogP contribution is -2.59. The summed E-state index contributed by atoms with van der Waals surface area (Å²) in [5.41, 5.74) is 2.46. The fraction of sp³-hybridized carbons (Fsp3) is 0.607. The van der Waals surface area contributed by atoms with Crippen LogP contribution in [-0.4, -0.2) is 66.4 Å². The van der Waals surface area contributed by atoms with Gasteiger partial charge >= 0.3 is 0 Å². The maximum Gasteiger partial charge on any atom is 0.244 e. The van der Waals surface area contributed by atoms with E-state index in [0.29, 0.717) is 29.0 Å². The fourth-order valence-electron chi connectivity index (χ4n) is 5.87. The second kappa shape index (κ2) is 10.6. The Morgan fingerprint density at radius 3 is 2.58 bits per heavy atom. The Labute approximate surface area is 213 Å². The molecule has 6 atom stereocenters. The van der Waals surface area contributed by atoms with E-state index >= 15 is 0 Å². The van der Waals surface area contributed by atoms with Gasteiger partial charge in [0.2, 0.25) is 5.91 Å². The molecule has 0 aromatic heterocycles. The third kappa shape index (κ3) is 5.24. The number of aliphatic hydroxyl groups excluding tert-OH is 2. The molecule has 1 aliphatic carbocycles. The smallest absolute Gasteiger partial charge is 0.244 e. The van der Waals surface area contributed by atoms with Crippen LogP contribution in [0.25, 0.3) is 6.08 Å². The number of carbonyl (C=O) groups is 1. The molecule has 1 aromatic carbocycles. The maximum absolute atomic E-state index is 12.9. The van der Waals surface area contributed by atoms with Crippen molar-refractivity contribution in [3.8, 4) is 5.75 Å². The Morgan fingerprint density at radius 1 is 1.25 bits per heavy atom. The summed E-state index contributed by atoms with van der Waals surface area (Å²) in [6.07, 6.45) is 7.70. The van der Waals surface area contributed by atoms with Crippen molar-refractivity contribution in [1.82, 2.24) is 5.32 Å². The molecule has 4 rings (SSSR count). The third-order valence-corrected chi connectivity index (χ3v) is 7.92. The second-order valence-corrected chi connectivity index (χ2v) is 10.5. The molecule has 8 heteroatoms. The third-order valence-electron chi connectivity index (χ3n) is 7.92. The van der Waals surface area contributed by atoms with Gasteiger partial charge in [0.05, 0.1) is 50.8 Å². The van der Waals surface area contributed by atoms with E-state index in [9.17, 15) is 15.0 Å². The summed E-state index contributed by atoms with van der Waals surface area (Å²) in [6.45, 7) is 6.54. The number of benzene rings is 1. The summed E-state index contributed by atoms with van der Waals surface area (Å²) in [6, 6.07) is 3.30. The van der Waals surface area contributed by atoms with E-state index in [-0.39, 0.29) is 54.5 Å². The largest absolute Gasteiger partial charge is 0.496 e. The van der Waals surface area contributed by atoms with Gasteiger partial charge in [-0.3, -0.25) is 4.79 Å². The summed E-state index contributed by atoms with van der Waals surface area (Å²) in [7, 11) is 3.20. The molecule has 1 saturated carbocycles. The van der Waals surface area contributed by atoms with Crippen LogP contribution >= 0.6 is 0 Å². The average Bonchev–Trinajstić information content (AvgIpc) is 3.78. The number of hydrogen-bond acceptors (Lipinski definition) is 7. The minimum Gasteiger partial charge on any atom is -0.496 e. The highest BCUT2D eigenvalue weighted by atomic mass is 16.6. The molecule has 198 valence electrons. The number of epoxide rings is 2.